The van der Waals surface area contributed by atoms with Gasteiger partial charge in [0.2, 0.25) is 0 Å². The zero-order valence-corrected chi connectivity index (χ0v) is 11.0. The Morgan fingerprint density at radius 3 is 2.60 bits per heavy atom. The number of aryl methyl sites for hydroxylation is 1. The average Bonchev–Trinajstić information content (AvgIpc) is 2.29. The van der Waals surface area contributed by atoms with Gasteiger partial charge in [0.25, 0.3) is 5.56 Å². The van der Waals surface area contributed by atoms with Crippen LogP contribution in [0.4, 0.5) is 13.2 Å². The van der Waals surface area contributed by atoms with Gasteiger partial charge in [0.05, 0.1) is 12.1 Å². The van der Waals surface area contributed by atoms with Crippen molar-refractivity contribution in [2.45, 2.75) is 19.6 Å². The van der Waals surface area contributed by atoms with Crippen molar-refractivity contribution in [3.05, 3.63) is 57.0 Å². The van der Waals surface area contributed by atoms with Crippen LogP contribution in [0.3, 0.4) is 0 Å². The van der Waals surface area contributed by atoms with Crippen LogP contribution in [-0.2, 0) is 12.7 Å². The number of aromatic nitrogens is 3. The van der Waals surface area contributed by atoms with Gasteiger partial charge in [-0.25, -0.2) is 9.97 Å². The Balaban J connectivity index is 2.40. The first-order valence-corrected chi connectivity index (χ1v) is 5.91. The smallest absolute Gasteiger partial charge is 0.307 e. The topological polar surface area (TPSA) is 47.8 Å². The number of rotatable bonds is 2. The summed E-state index contributed by atoms with van der Waals surface area (Å²) in [5.74, 6) is 0.177. The monoisotopic (exact) mass is 303 g/mol. The summed E-state index contributed by atoms with van der Waals surface area (Å²) in [6.07, 6.45) is -3.78. The first-order valence-electron chi connectivity index (χ1n) is 5.53. The number of pyridine rings is 1. The molecule has 0 saturated heterocycles. The summed E-state index contributed by atoms with van der Waals surface area (Å²) in [4.78, 5) is 19.5. The minimum atomic E-state index is -4.51. The van der Waals surface area contributed by atoms with Crippen LogP contribution < -0.4 is 5.56 Å². The zero-order valence-electron chi connectivity index (χ0n) is 10.3. The van der Waals surface area contributed by atoms with Crippen LogP contribution >= 0.6 is 11.6 Å². The average molecular weight is 304 g/mol. The maximum absolute atomic E-state index is 12.6. The summed E-state index contributed by atoms with van der Waals surface area (Å²) in [7, 11) is 0. The van der Waals surface area contributed by atoms with Gasteiger partial charge in [0, 0.05) is 18.0 Å². The quantitative estimate of drug-likeness (QED) is 0.801. The second-order valence-electron chi connectivity index (χ2n) is 4.13. The van der Waals surface area contributed by atoms with Crippen LogP contribution in [-0.4, -0.2) is 14.5 Å². The van der Waals surface area contributed by atoms with Crippen LogP contribution in [0.5, 0.6) is 0 Å². The SMILES string of the molecule is Cc1cc(Cl)nc(Cn2cc(C(F)(F)F)ccc2=O)n1. The van der Waals surface area contributed by atoms with Crippen molar-refractivity contribution in [1.82, 2.24) is 14.5 Å². The summed E-state index contributed by atoms with van der Waals surface area (Å²) in [6, 6.07) is 3.11. The molecule has 0 fully saturated rings. The lowest BCUT2D eigenvalue weighted by Gasteiger charge is -2.10. The fraction of sp³-hybridized carbons (Fsp3) is 0.250. The van der Waals surface area contributed by atoms with Crippen LogP contribution in [0.15, 0.2) is 29.2 Å². The first-order chi connectivity index (χ1) is 9.25. The molecule has 0 radical (unpaired) electrons. The summed E-state index contributed by atoms with van der Waals surface area (Å²) in [5, 5.41) is 0.174. The van der Waals surface area contributed by atoms with E-state index in [1.165, 1.54) is 6.07 Å². The first kappa shape index (κ1) is 14.5. The molecule has 0 aliphatic heterocycles. The van der Waals surface area contributed by atoms with Gasteiger partial charge < -0.3 is 4.57 Å². The molecule has 8 heteroatoms. The van der Waals surface area contributed by atoms with Gasteiger partial charge in [-0.3, -0.25) is 4.79 Å². The Morgan fingerprint density at radius 1 is 1.30 bits per heavy atom. The fourth-order valence-electron chi connectivity index (χ4n) is 1.63. The summed E-state index contributed by atoms with van der Waals surface area (Å²) < 4.78 is 38.7. The standard InChI is InChI=1S/C12H9ClF3N3O/c1-7-4-9(13)18-10(17-7)6-19-5-8(12(14,15)16)2-3-11(19)20/h2-5H,6H2,1H3. The third-order valence-corrected chi connectivity index (χ3v) is 2.69. The van der Waals surface area contributed by atoms with E-state index in [2.05, 4.69) is 9.97 Å². The van der Waals surface area contributed by atoms with E-state index in [9.17, 15) is 18.0 Å². The molecular weight excluding hydrogens is 295 g/mol. The molecule has 2 heterocycles. The number of hydrogen-bond acceptors (Lipinski definition) is 3. The van der Waals surface area contributed by atoms with Crippen molar-refractivity contribution in [1.29, 1.82) is 0 Å². The molecule has 4 nitrogen and oxygen atoms in total. The largest absolute Gasteiger partial charge is 0.417 e. The minimum Gasteiger partial charge on any atom is -0.307 e. The molecule has 0 aliphatic rings. The van der Waals surface area contributed by atoms with Gasteiger partial charge in [0.15, 0.2) is 0 Å². The van der Waals surface area contributed by atoms with Crippen LogP contribution in [0.25, 0.3) is 0 Å². The summed E-state index contributed by atoms with van der Waals surface area (Å²) in [5.41, 5.74) is -0.907. The molecule has 0 aliphatic carbocycles. The van der Waals surface area contributed by atoms with Gasteiger partial charge in [-0.2, -0.15) is 13.2 Å². The Bertz CT molecular complexity index is 677. The lowest BCUT2D eigenvalue weighted by molar-refractivity contribution is -0.138. The molecular formula is C12H9ClF3N3O. The fourth-order valence-corrected chi connectivity index (χ4v) is 1.89. The molecule has 0 aromatic carbocycles. The van der Waals surface area contributed by atoms with E-state index >= 15 is 0 Å². The van der Waals surface area contributed by atoms with Gasteiger partial charge in [0.1, 0.15) is 11.0 Å². The van der Waals surface area contributed by atoms with Crippen molar-refractivity contribution in [2.24, 2.45) is 0 Å². The molecule has 0 atom stereocenters. The molecule has 0 N–H and O–H groups in total. The van der Waals surface area contributed by atoms with Crippen molar-refractivity contribution in [2.75, 3.05) is 0 Å². The Morgan fingerprint density at radius 2 is 2.00 bits per heavy atom. The third kappa shape index (κ3) is 3.36. The molecule has 0 amide bonds. The zero-order chi connectivity index (χ0) is 14.9. The van der Waals surface area contributed by atoms with Gasteiger partial charge in [-0.1, -0.05) is 11.6 Å². The Kier molecular flexibility index (Phi) is 3.80. The molecule has 0 bridgehead atoms. The normalized spacial score (nSPS) is 11.7. The highest BCUT2D eigenvalue weighted by Crippen LogP contribution is 2.28. The van der Waals surface area contributed by atoms with E-state index in [0.717, 1.165) is 22.9 Å². The second kappa shape index (κ2) is 5.24. The highest BCUT2D eigenvalue weighted by molar-refractivity contribution is 6.29. The second-order valence-corrected chi connectivity index (χ2v) is 4.52. The van der Waals surface area contributed by atoms with E-state index in [1.807, 2.05) is 0 Å². The molecule has 0 unspecified atom stereocenters. The van der Waals surface area contributed by atoms with Crippen LogP contribution in [0.1, 0.15) is 17.1 Å². The van der Waals surface area contributed by atoms with Crippen molar-refractivity contribution < 1.29 is 13.2 Å². The lowest BCUT2D eigenvalue weighted by atomic mass is 10.2. The van der Waals surface area contributed by atoms with E-state index < -0.39 is 17.3 Å². The Labute approximate surface area is 116 Å². The van der Waals surface area contributed by atoms with Crippen molar-refractivity contribution >= 4 is 11.6 Å². The molecule has 106 valence electrons. The maximum Gasteiger partial charge on any atom is 0.417 e. The lowest BCUT2D eigenvalue weighted by Crippen LogP contribution is -2.23. The predicted molar refractivity (Wildman–Crippen MR) is 66.6 cm³/mol. The van der Waals surface area contributed by atoms with Gasteiger partial charge >= 0.3 is 6.18 Å². The number of alkyl halides is 3. The van der Waals surface area contributed by atoms with E-state index in [-0.39, 0.29) is 17.5 Å². The van der Waals surface area contributed by atoms with Gasteiger partial charge in [-0.05, 0) is 19.1 Å². The van der Waals surface area contributed by atoms with Gasteiger partial charge in [-0.15, -0.1) is 0 Å². The van der Waals surface area contributed by atoms with Crippen LogP contribution in [0, 0.1) is 6.92 Å². The predicted octanol–water partition coefficient (Wildman–Crippen LogP) is 2.67. The van der Waals surface area contributed by atoms with E-state index in [4.69, 9.17) is 11.6 Å². The molecule has 2 aromatic heterocycles. The Hall–Kier alpha value is -1.89. The summed E-state index contributed by atoms with van der Waals surface area (Å²) >= 11 is 5.74. The van der Waals surface area contributed by atoms with E-state index in [1.54, 1.807) is 6.92 Å². The number of halogens is 4. The van der Waals surface area contributed by atoms with E-state index in [0.29, 0.717) is 5.69 Å². The molecule has 2 aromatic rings. The van der Waals surface area contributed by atoms with Crippen LogP contribution in [0.2, 0.25) is 5.15 Å². The third-order valence-electron chi connectivity index (χ3n) is 2.49. The molecule has 0 saturated carbocycles. The summed E-state index contributed by atoms with van der Waals surface area (Å²) in [6.45, 7) is 1.50. The number of nitrogens with zero attached hydrogens (tertiary/aromatic N) is 3. The highest BCUT2D eigenvalue weighted by Gasteiger charge is 2.31. The number of hydrogen-bond donors (Lipinski definition) is 0. The molecule has 0 spiro atoms. The molecule has 2 rings (SSSR count). The van der Waals surface area contributed by atoms with Crippen molar-refractivity contribution in [3.63, 3.8) is 0 Å². The highest BCUT2D eigenvalue weighted by atomic mass is 35.5. The molecule has 20 heavy (non-hydrogen) atoms. The maximum atomic E-state index is 12.6. The minimum absolute atomic E-state index is 0.174. The van der Waals surface area contributed by atoms with Crippen molar-refractivity contribution in [3.8, 4) is 0 Å².